The molecule has 1 aliphatic carbocycles. The maximum Gasteiger partial charge on any atom is 0.239 e. The first-order valence-corrected chi connectivity index (χ1v) is 7.12. The molecule has 3 N–H and O–H groups in total. The summed E-state index contributed by atoms with van der Waals surface area (Å²) in [6.45, 7) is 7.89. The molecule has 20 heavy (non-hydrogen) atoms. The van der Waals surface area contributed by atoms with Crippen LogP contribution in [0.1, 0.15) is 40.0 Å². The van der Waals surface area contributed by atoms with Gasteiger partial charge in [-0.05, 0) is 58.5 Å². The number of halogens is 1. The van der Waals surface area contributed by atoms with Crippen molar-refractivity contribution in [3.8, 4) is 0 Å². The fourth-order valence-electron chi connectivity index (χ4n) is 2.95. The first-order valence-electron chi connectivity index (χ1n) is 7.12. The van der Waals surface area contributed by atoms with E-state index >= 15 is 0 Å². The van der Waals surface area contributed by atoms with Crippen LogP contribution in [-0.4, -0.2) is 37.0 Å². The van der Waals surface area contributed by atoms with Crippen LogP contribution in [0.4, 0.5) is 0 Å². The van der Waals surface area contributed by atoms with Crippen LogP contribution in [0.15, 0.2) is 0 Å². The van der Waals surface area contributed by atoms with E-state index in [2.05, 4.69) is 16.0 Å². The first-order chi connectivity index (χ1) is 8.82. The van der Waals surface area contributed by atoms with E-state index in [0.717, 1.165) is 32.4 Å². The molecule has 0 aromatic rings. The molecule has 0 aromatic carbocycles. The lowest BCUT2D eigenvalue weighted by Crippen LogP contribution is -2.46. The molecule has 0 bridgehead atoms. The van der Waals surface area contributed by atoms with Crippen molar-refractivity contribution in [2.24, 2.45) is 11.3 Å². The van der Waals surface area contributed by atoms with Gasteiger partial charge in [-0.15, -0.1) is 12.4 Å². The molecule has 1 saturated heterocycles. The van der Waals surface area contributed by atoms with Crippen LogP contribution in [0, 0.1) is 11.3 Å². The molecule has 2 fully saturated rings. The van der Waals surface area contributed by atoms with Crippen LogP contribution >= 0.6 is 12.4 Å². The average molecular weight is 304 g/mol. The predicted molar refractivity (Wildman–Crippen MR) is 80.8 cm³/mol. The minimum absolute atomic E-state index is 0. The summed E-state index contributed by atoms with van der Waals surface area (Å²) in [6, 6.07) is 0. The summed E-state index contributed by atoms with van der Waals surface area (Å²) in [6.07, 6.45) is 3.15. The van der Waals surface area contributed by atoms with Gasteiger partial charge in [0.1, 0.15) is 0 Å². The quantitative estimate of drug-likeness (QED) is 0.723. The molecule has 1 atom stereocenters. The van der Waals surface area contributed by atoms with Crippen molar-refractivity contribution in [3.05, 3.63) is 0 Å². The van der Waals surface area contributed by atoms with Crippen LogP contribution < -0.4 is 16.0 Å². The Morgan fingerprint density at radius 3 is 2.40 bits per heavy atom. The van der Waals surface area contributed by atoms with Crippen LogP contribution in [0.3, 0.4) is 0 Å². The topological polar surface area (TPSA) is 70.2 Å². The molecule has 2 amide bonds. The van der Waals surface area contributed by atoms with Crippen molar-refractivity contribution < 1.29 is 9.59 Å². The third kappa shape index (κ3) is 4.35. The van der Waals surface area contributed by atoms with Crippen molar-refractivity contribution in [2.75, 3.05) is 19.6 Å². The van der Waals surface area contributed by atoms with E-state index in [4.69, 9.17) is 0 Å². The second-order valence-corrected chi connectivity index (χ2v) is 6.89. The van der Waals surface area contributed by atoms with Gasteiger partial charge in [0.15, 0.2) is 0 Å². The third-order valence-corrected chi connectivity index (χ3v) is 4.04. The van der Waals surface area contributed by atoms with E-state index in [1.54, 1.807) is 0 Å². The summed E-state index contributed by atoms with van der Waals surface area (Å²) in [5.41, 5.74) is -0.0203. The highest BCUT2D eigenvalue weighted by Gasteiger charge is 2.57. The number of rotatable bonds is 3. The third-order valence-electron chi connectivity index (χ3n) is 4.04. The summed E-state index contributed by atoms with van der Waals surface area (Å²) in [5, 5.41) is 8.93. The molecule has 6 heteroatoms. The monoisotopic (exact) mass is 303 g/mol. The Bertz CT molecular complexity index is 373. The number of carbonyl (C=O) groups excluding carboxylic acids is 2. The molecular formula is C14H26ClN3O2. The van der Waals surface area contributed by atoms with Crippen LogP contribution in [0.5, 0.6) is 0 Å². The minimum atomic E-state index is -0.252. The molecule has 1 unspecified atom stereocenters. The number of piperidine rings is 1. The van der Waals surface area contributed by atoms with Gasteiger partial charge in [0, 0.05) is 11.5 Å². The van der Waals surface area contributed by atoms with Crippen LogP contribution in [0.25, 0.3) is 0 Å². The maximum atomic E-state index is 12.0. The van der Waals surface area contributed by atoms with Crippen molar-refractivity contribution >= 4 is 24.2 Å². The lowest BCUT2D eigenvalue weighted by atomic mass is 9.92. The zero-order chi connectivity index (χ0) is 14.1. The molecule has 0 radical (unpaired) electrons. The zero-order valence-electron chi connectivity index (χ0n) is 12.5. The maximum absolute atomic E-state index is 12.0. The van der Waals surface area contributed by atoms with Gasteiger partial charge >= 0.3 is 0 Å². The van der Waals surface area contributed by atoms with Gasteiger partial charge in [-0.1, -0.05) is 0 Å². The highest BCUT2D eigenvalue weighted by atomic mass is 35.5. The van der Waals surface area contributed by atoms with E-state index in [1.165, 1.54) is 0 Å². The van der Waals surface area contributed by atoms with Gasteiger partial charge in [0.05, 0.1) is 6.54 Å². The second-order valence-electron chi connectivity index (χ2n) is 6.89. The fraction of sp³-hybridized carbons (Fsp3) is 0.857. The molecule has 1 spiro atoms. The van der Waals surface area contributed by atoms with Crippen molar-refractivity contribution in [1.29, 1.82) is 0 Å². The Balaban J connectivity index is 0.00000200. The van der Waals surface area contributed by atoms with Gasteiger partial charge in [-0.3, -0.25) is 9.59 Å². The van der Waals surface area contributed by atoms with Gasteiger partial charge in [-0.2, -0.15) is 0 Å². The van der Waals surface area contributed by atoms with Crippen molar-refractivity contribution in [2.45, 2.75) is 45.6 Å². The van der Waals surface area contributed by atoms with Gasteiger partial charge in [-0.25, -0.2) is 0 Å². The lowest BCUT2D eigenvalue weighted by Gasteiger charge is -2.23. The Labute approximate surface area is 127 Å². The van der Waals surface area contributed by atoms with E-state index in [9.17, 15) is 9.59 Å². The molecule has 1 saturated carbocycles. The first kappa shape index (κ1) is 17.2. The molecule has 116 valence electrons. The molecule has 1 aliphatic heterocycles. The number of carbonyl (C=O) groups is 2. The van der Waals surface area contributed by atoms with Crippen molar-refractivity contribution in [3.63, 3.8) is 0 Å². The van der Waals surface area contributed by atoms with E-state index in [0.29, 0.717) is 0 Å². The zero-order valence-corrected chi connectivity index (χ0v) is 13.4. The number of nitrogens with one attached hydrogen (secondary N) is 3. The fourth-order valence-corrected chi connectivity index (χ4v) is 2.95. The van der Waals surface area contributed by atoms with Crippen LogP contribution in [-0.2, 0) is 9.59 Å². The number of amides is 2. The summed E-state index contributed by atoms with van der Waals surface area (Å²) in [5.74, 6) is 0.0452. The predicted octanol–water partition coefficient (Wildman–Crippen LogP) is 0.829. The molecular weight excluding hydrogens is 278 g/mol. The Kier molecular flexibility index (Phi) is 5.44. The average Bonchev–Trinajstić information content (AvgIpc) is 2.99. The second kappa shape index (κ2) is 6.31. The van der Waals surface area contributed by atoms with Gasteiger partial charge in [0.2, 0.25) is 11.8 Å². The Hall–Kier alpha value is -0.810. The van der Waals surface area contributed by atoms with Crippen LogP contribution in [0.2, 0.25) is 0 Å². The summed E-state index contributed by atoms with van der Waals surface area (Å²) in [4.78, 5) is 23.7. The summed E-state index contributed by atoms with van der Waals surface area (Å²) >= 11 is 0. The van der Waals surface area contributed by atoms with Gasteiger partial charge < -0.3 is 16.0 Å². The standard InChI is InChI=1S/C14H25N3O2.ClH/c1-13(2,3)17-11(18)9-16-12(19)10-8-14(10)4-6-15-7-5-14;/h10,15H,4-9H2,1-3H3,(H,16,19)(H,17,18);1H. The lowest BCUT2D eigenvalue weighted by molar-refractivity contribution is -0.128. The highest BCUT2D eigenvalue weighted by Crippen LogP contribution is 2.58. The molecule has 1 heterocycles. The molecule has 5 nitrogen and oxygen atoms in total. The molecule has 2 rings (SSSR count). The highest BCUT2D eigenvalue weighted by molar-refractivity contribution is 5.88. The minimum Gasteiger partial charge on any atom is -0.350 e. The Morgan fingerprint density at radius 2 is 1.85 bits per heavy atom. The van der Waals surface area contributed by atoms with Gasteiger partial charge in [0.25, 0.3) is 0 Å². The summed E-state index contributed by atoms with van der Waals surface area (Å²) in [7, 11) is 0. The van der Waals surface area contributed by atoms with E-state index < -0.39 is 0 Å². The van der Waals surface area contributed by atoms with E-state index in [-0.39, 0.29) is 47.6 Å². The van der Waals surface area contributed by atoms with E-state index in [1.807, 2.05) is 20.8 Å². The Morgan fingerprint density at radius 1 is 1.25 bits per heavy atom. The molecule has 2 aliphatic rings. The summed E-state index contributed by atoms with van der Waals surface area (Å²) < 4.78 is 0. The number of hydrogen-bond donors (Lipinski definition) is 3. The smallest absolute Gasteiger partial charge is 0.239 e. The SMILES string of the molecule is CC(C)(C)NC(=O)CNC(=O)C1CC12CCNCC2.Cl. The number of hydrogen-bond acceptors (Lipinski definition) is 3. The van der Waals surface area contributed by atoms with Crippen molar-refractivity contribution in [1.82, 2.24) is 16.0 Å². The largest absolute Gasteiger partial charge is 0.350 e. The molecule has 0 aromatic heterocycles. The normalized spacial score (nSPS) is 23.6.